The van der Waals surface area contributed by atoms with Crippen LogP contribution in [0.2, 0.25) is 0 Å². The maximum absolute atomic E-state index is 12.5. The Hall–Kier alpha value is -2.09. The molecule has 5 nitrogen and oxygen atoms in total. The molecule has 2 aliphatic heterocycles. The molecular formula is C16H18N4O. The fourth-order valence-corrected chi connectivity index (χ4v) is 3.55. The molecule has 3 heterocycles. The second-order valence-corrected chi connectivity index (χ2v) is 6.48. The lowest BCUT2D eigenvalue weighted by Gasteiger charge is -2.22. The minimum absolute atomic E-state index is 0.140. The van der Waals surface area contributed by atoms with Gasteiger partial charge in [-0.15, -0.1) is 0 Å². The van der Waals surface area contributed by atoms with Gasteiger partial charge >= 0.3 is 0 Å². The Balaban J connectivity index is 1.44. The second kappa shape index (κ2) is 4.73. The summed E-state index contributed by atoms with van der Waals surface area (Å²) in [5.74, 6) is 2.56. The third-order valence-electron chi connectivity index (χ3n) is 4.90. The maximum Gasteiger partial charge on any atom is 0.227 e. The highest BCUT2D eigenvalue weighted by atomic mass is 16.2. The van der Waals surface area contributed by atoms with Crippen molar-refractivity contribution >= 4 is 11.7 Å². The van der Waals surface area contributed by atoms with Gasteiger partial charge in [-0.05, 0) is 30.9 Å². The second-order valence-electron chi connectivity index (χ2n) is 6.48. The third kappa shape index (κ3) is 2.25. The van der Waals surface area contributed by atoms with Crippen molar-refractivity contribution in [3.63, 3.8) is 0 Å². The summed E-state index contributed by atoms with van der Waals surface area (Å²) >= 11 is 0. The molecule has 3 fully saturated rings. The average Bonchev–Trinajstić information content (AvgIpc) is 3.16. The molecule has 2 saturated heterocycles. The molecule has 1 saturated carbocycles. The molecule has 0 unspecified atom stereocenters. The maximum atomic E-state index is 12.5. The number of hydrogen-bond acceptors (Lipinski definition) is 4. The molecular weight excluding hydrogens is 264 g/mol. The number of anilines is 1. The van der Waals surface area contributed by atoms with Crippen LogP contribution in [-0.2, 0) is 4.79 Å². The van der Waals surface area contributed by atoms with Crippen molar-refractivity contribution in [2.24, 2.45) is 17.8 Å². The molecule has 21 heavy (non-hydrogen) atoms. The van der Waals surface area contributed by atoms with E-state index in [1.807, 2.05) is 6.07 Å². The molecule has 5 heteroatoms. The summed E-state index contributed by atoms with van der Waals surface area (Å²) in [6.45, 7) is 3.55. The lowest BCUT2D eigenvalue weighted by Crippen LogP contribution is -2.34. The predicted molar refractivity (Wildman–Crippen MR) is 77.4 cm³/mol. The number of likely N-dealkylation sites (tertiary alicyclic amines) is 1. The van der Waals surface area contributed by atoms with Gasteiger partial charge in [0.1, 0.15) is 11.9 Å². The largest absolute Gasteiger partial charge is 0.355 e. The van der Waals surface area contributed by atoms with Gasteiger partial charge in [-0.2, -0.15) is 5.26 Å². The molecule has 0 radical (unpaired) electrons. The van der Waals surface area contributed by atoms with Crippen LogP contribution >= 0.6 is 0 Å². The zero-order chi connectivity index (χ0) is 14.4. The summed E-state index contributed by atoms with van der Waals surface area (Å²) in [5.41, 5.74) is 0.574. The zero-order valence-corrected chi connectivity index (χ0v) is 11.9. The highest BCUT2D eigenvalue weighted by molar-refractivity contribution is 5.83. The zero-order valence-electron chi connectivity index (χ0n) is 11.9. The van der Waals surface area contributed by atoms with Crippen molar-refractivity contribution in [3.8, 4) is 6.07 Å². The molecule has 2 atom stereocenters. The van der Waals surface area contributed by atoms with Crippen molar-refractivity contribution in [3.05, 3.63) is 23.9 Å². The summed E-state index contributed by atoms with van der Waals surface area (Å²) in [5, 5.41) is 8.81. The van der Waals surface area contributed by atoms with Gasteiger partial charge in [0.2, 0.25) is 5.91 Å². The summed E-state index contributed by atoms with van der Waals surface area (Å²) in [7, 11) is 0. The van der Waals surface area contributed by atoms with E-state index in [-0.39, 0.29) is 5.92 Å². The number of aromatic nitrogens is 1. The first-order chi connectivity index (χ1) is 10.2. The van der Waals surface area contributed by atoms with E-state index < -0.39 is 0 Å². The molecule has 3 aliphatic rings. The number of carbonyl (C=O) groups excluding carboxylic acids is 1. The topological polar surface area (TPSA) is 60.2 Å². The monoisotopic (exact) mass is 282 g/mol. The molecule has 1 aliphatic carbocycles. The van der Waals surface area contributed by atoms with Crippen LogP contribution in [0.1, 0.15) is 18.4 Å². The minimum atomic E-state index is 0.140. The van der Waals surface area contributed by atoms with Crippen LogP contribution < -0.4 is 4.90 Å². The van der Waals surface area contributed by atoms with Crippen molar-refractivity contribution in [2.45, 2.75) is 12.8 Å². The number of amides is 1. The normalized spacial score (nSPS) is 27.9. The molecule has 1 amide bonds. The Morgan fingerprint density at radius 2 is 2.14 bits per heavy atom. The number of nitrogens with zero attached hydrogens (tertiary/aromatic N) is 4. The molecule has 0 N–H and O–H groups in total. The van der Waals surface area contributed by atoms with E-state index in [1.165, 1.54) is 12.8 Å². The van der Waals surface area contributed by atoms with Gasteiger partial charge in [0, 0.05) is 38.3 Å². The number of hydrogen-bond donors (Lipinski definition) is 0. The summed E-state index contributed by atoms with van der Waals surface area (Å²) < 4.78 is 0. The fourth-order valence-electron chi connectivity index (χ4n) is 3.55. The first kappa shape index (κ1) is 12.6. The van der Waals surface area contributed by atoms with E-state index in [9.17, 15) is 4.79 Å². The number of pyridine rings is 1. The molecule has 0 aromatic carbocycles. The van der Waals surface area contributed by atoms with E-state index in [1.54, 1.807) is 12.3 Å². The Bertz CT molecular complexity index is 602. The summed E-state index contributed by atoms with van der Waals surface area (Å²) in [6.07, 6.45) is 4.19. The van der Waals surface area contributed by atoms with Crippen LogP contribution in [0.15, 0.2) is 18.3 Å². The van der Waals surface area contributed by atoms with Crippen LogP contribution in [-0.4, -0.2) is 42.0 Å². The molecule has 4 rings (SSSR count). The smallest absolute Gasteiger partial charge is 0.227 e. The van der Waals surface area contributed by atoms with Gasteiger partial charge in [0.15, 0.2) is 0 Å². The van der Waals surface area contributed by atoms with Gasteiger partial charge in [0.05, 0.1) is 11.5 Å². The van der Waals surface area contributed by atoms with Gasteiger partial charge < -0.3 is 9.80 Å². The number of rotatable bonds is 3. The van der Waals surface area contributed by atoms with Crippen LogP contribution in [0.25, 0.3) is 0 Å². The molecule has 1 aromatic heterocycles. The van der Waals surface area contributed by atoms with Crippen molar-refractivity contribution in [1.82, 2.24) is 9.88 Å². The van der Waals surface area contributed by atoms with Gasteiger partial charge in [-0.25, -0.2) is 4.98 Å². The number of nitriles is 1. The average molecular weight is 282 g/mol. The van der Waals surface area contributed by atoms with Crippen LogP contribution in [0.3, 0.4) is 0 Å². The fraction of sp³-hybridized carbons (Fsp3) is 0.562. The highest BCUT2D eigenvalue weighted by Crippen LogP contribution is 2.37. The van der Waals surface area contributed by atoms with Gasteiger partial charge in [-0.1, -0.05) is 0 Å². The molecule has 0 spiro atoms. The van der Waals surface area contributed by atoms with Crippen LogP contribution in [0, 0.1) is 29.1 Å². The van der Waals surface area contributed by atoms with E-state index in [0.717, 1.165) is 37.9 Å². The standard InChI is InChI=1S/C16H18N4O/c17-5-12-3-4-15(18-6-12)19-8-13-9-20(7-11-1-2-11)16(21)14(13)10-19/h3-4,6,11,13-14H,1-2,7-10H2/t13-,14-/m0/s1. The third-order valence-corrected chi connectivity index (χ3v) is 4.90. The quantitative estimate of drug-likeness (QED) is 0.837. The molecule has 1 aromatic rings. The van der Waals surface area contributed by atoms with Crippen molar-refractivity contribution < 1.29 is 4.79 Å². The van der Waals surface area contributed by atoms with E-state index in [4.69, 9.17) is 5.26 Å². The van der Waals surface area contributed by atoms with Crippen LogP contribution in [0.5, 0.6) is 0 Å². The van der Waals surface area contributed by atoms with E-state index in [2.05, 4.69) is 20.9 Å². The predicted octanol–water partition coefficient (Wildman–Crippen LogP) is 1.26. The Labute approximate surface area is 124 Å². The van der Waals surface area contributed by atoms with Crippen molar-refractivity contribution in [1.29, 1.82) is 5.26 Å². The lowest BCUT2D eigenvalue weighted by atomic mass is 10.0. The molecule has 108 valence electrons. The first-order valence-corrected chi connectivity index (χ1v) is 7.64. The van der Waals surface area contributed by atoms with Gasteiger partial charge in [-0.3, -0.25) is 4.79 Å². The highest BCUT2D eigenvalue weighted by Gasteiger charge is 2.47. The Morgan fingerprint density at radius 1 is 1.29 bits per heavy atom. The van der Waals surface area contributed by atoms with Gasteiger partial charge in [0.25, 0.3) is 0 Å². The summed E-state index contributed by atoms with van der Waals surface area (Å²) in [4.78, 5) is 21.1. The summed E-state index contributed by atoms with van der Waals surface area (Å²) in [6, 6.07) is 5.75. The minimum Gasteiger partial charge on any atom is -0.355 e. The number of carbonyl (C=O) groups is 1. The number of fused-ring (bicyclic) bond motifs is 1. The van der Waals surface area contributed by atoms with E-state index >= 15 is 0 Å². The Kier molecular flexibility index (Phi) is 2.85. The first-order valence-electron chi connectivity index (χ1n) is 7.64. The van der Waals surface area contributed by atoms with E-state index in [0.29, 0.717) is 17.4 Å². The van der Waals surface area contributed by atoms with Crippen molar-refractivity contribution in [2.75, 3.05) is 31.1 Å². The SMILES string of the molecule is N#Cc1ccc(N2C[C@H]3CN(CC4CC4)C(=O)[C@H]3C2)nc1. The lowest BCUT2D eigenvalue weighted by molar-refractivity contribution is -0.130. The Morgan fingerprint density at radius 3 is 2.76 bits per heavy atom. The van der Waals surface area contributed by atoms with Crippen LogP contribution in [0.4, 0.5) is 5.82 Å². The molecule has 0 bridgehead atoms.